The number of hydrogen-bond donors (Lipinski definition) is 4. The number of rotatable bonds is 10. The van der Waals surface area contributed by atoms with Crippen molar-refractivity contribution >= 4 is 17.5 Å². The van der Waals surface area contributed by atoms with Gasteiger partial charge in [-0.2, -0.15) is 4.98 Å². The topological polar surface area (TPSA) is 101 Å². The first kappa shape index (κ1) is 20.2. The molecule has 0 spiro atoms. The molecule has 1 saturated carbocycles. The van der Waals surface area contributed by atoms with E-state index < -0.39 is 6.10 Å². The molecule has 0 unspecified atom stereocenters. The van der Waals surface area contributed by atoms with E-state index in [0.29, 0.717) is 30.0 Å². The second-order valence-corrected chi connectivity index (χ2v) is 6.96. The number of ether oxygens (including phenoxy) is 2. The summed E-state index contributed by atoms with van der Waals surface area (Å²) in [7, 11) is 3.41. The van der Waals surface area contributed by atoms with Crippen molar-refractivity contribution in [2.45, 2.75) is 38.3 Å². The van der Waals surface area contributed by atoms with Crippen LogP contribution in [0.3, 0.4) is 0 Å². The van der Waals surface area contributed by atoms with Gasteiger partial charge in [0.25, 0.3) is 0 Å². The summed E-state index contributed by atoms with van der Waals surface area (Å²) in [6, 6.07) is 7.90. The minimum absolute atomic E-state index is 0.185. The largest absolute Gasteiger partial charge is 0.493 e. The first-order valence-corrected chi connectivity index (χ1v) is 9.60. The Balaban J connectivity index is 1.63. The fourth-order valence-corrected chi connectivity index (χ4v) is 2.91. The van der Waals surface area contributed by atoms with E-state index in [2.05, 4.69) is 25.9 Å². The quantitative estimate of drug-likeness (QED) is 0.493. The van der Waals surface area contributed by atoms with E-state index in [4.69, 9.17) is 9.47 Å². The molecule has 4 N–H and O–H groups in total. The zero-order valence-corrected chi connectivity index (χ0v) is 16.7. The molecule has 1 atom stereocenters. The minimum atomic E-state index is -0.583. The molecule has 1 heterocycles. The normalized spacial score (nSPS) is 14.9. The van der Waals surface area contributed by atoms with Crippen LogP contribution in [0.4, 0.5) is 17.5 Å². The van der Waals surface area contributed by atoms with E-state index in [1.165, 1.54) is 19.3 Å². The average molecular weight is 387 g/mol. The standard InChI is InChI=1S/C20H29N5O3/c1-13-9-19(21-2)25-20(23-13)24-15-7-8-17(27-3)18(10-15)28-12-16(26)11-22-14-5-4-6-14/h7-10,14,16,22,26H,4-6,11-12H2,1-3H3,(H2,21,23,24,25)/t16-/m1/s1. The van der Waals surface area contributed by atoms with Crippen molar-refractivity contribution in [2.24, 2.45) is 0 Å². The molecule has 1 aromatic heterocycles. The summed E-state index contributed by atoms with van der Waals surface area (Å²) in [5.74, 6) is 2.38. The van der Waals surface area contributed by atoms with Crippen molar-refractivity contribution in [2.75, 3.05) is 37.9 Å². The molecule has 8 heteroatoms. The van der Waals surface area contributed by atoms with Gasteiger partial charge in [-0.05, 0) is 31.9 Å². The summed E-state index contributed by atoms with van der Waals surface area (Å²) >= 11 is 0. The van der Waals surface area contributed by atoms with Crippen LogP contribution in [0, 0.1) is 6.92 Å². The predicted octanol–water partition coefficient (Wildman–Crippen LogP) is 2.46. The molecule has 3 rings (SSSR count). The first-order valence-electron chi connectivity index (χ1n) is 9.60. The number of nitrogens with one attached hydrogen (secondary N) is 3. The number of aryl methyl sites for hydroxylation is 1. The van der Waals surface area contributed by atoms with Crippen LogP contribution in [0.5, 0.6) is 11.5 Å². The van der Waals surface area contributed by atoms with Crippen LogP contribution >= 0.6 is 0 Å². The molecule has 1 aromatic carbocycles. The maximum absolute atomic E-state index is 10.2. The Morgan fingerprint density at radius 3 is 2.71 bits per heavy atom. The highest BCUT2D eigenvalue weighted by atomic mass is 16.5. The highest BCUT2D eigenvalue weighted by Crippen LogP contribution is 2.31. The number of anilines is 3. The molecule has 0 bridgehead atoms. The van der Waals surface area contributed by atoms with E-state index in [1.807, 2.05) is 38.2 Å². The summed E-state index contributed by atoms with van der Waals surface area (Å²) in [6.07, 6.45) is 3.05. The summed E-state index contributed by atoms with van der Waals surface area (Å²) in [5.41, 5.74) is 1.62. The number of aliphatic hydroxyl groups is 1. The zero-order chi connectivity index (χ0) is 19.9. The fraction of sp³-hybridized carbons (Fsp3) is 0.500. The lowest BCUT2D eigenvalue weighted by atomic mass is 9.93. The maximum Gasteiger partial charge on any atom is 0.229 e. The van der Waals surface area contributed by atoms with Crippen molar-refractivity contribution in [3.8, 4) is 11.5 Å². The van der Waals surface area contributed by atoms with E-state index >= 15 is 0 Å². The van der Waals surface area contributed by atoms with Crippen molar-refractivity contribution < 1.29 is 14.6 Å². The molecule has 0 saturated heterocycles. The maximum atomic E-state index is 10.2. The average Bonchev–Trinajstić information content (AvgIpc) is 2.64. The zero-order valence-electron chi connectivity index (χ0n) is 16.7. The fourth-order valence-electron chi connectivity index (χ4n) is 2.91. The van der Waals surface area contributed by atoms with Crippen molar-refractivity contribution in [3.05, 3.63) is 30.0 Å². The van der Waals surface area contributed by atoms with Gasteiger partial charge in [-0.1, -0.05) is 6.42 Å². The van der Waals surface area contributed by atoms with Gasteiger partial charge in [0.15, 0.2) is 11.5 Å². The Bertz CT molecular complexity index is 782. The first-order chi connectivity index (χ1) is 13.6. The molecular formula is C20H29N5O3. The Kier molecular flexibility index (Phi) is 6.89. The Morgan fingerprint density at radius 2 is 2.04 bits per heavy atom. The predicted molar refractivity (Wildman–Crippen MR) is 110 cm³/mol. The van der Waals surface area contributed by atoms with Gasteiger partial charge in [-0.25, -0.2) is 4.98 Å². The lowest BCUT2D eigenvalue weighted by Gasteiger charge is -2.27. The van der Waals surface area contributed by atoms with Gasteiger partial charge in [-0.15, -0.1) is 0 Å². The number of aliphatic hydroxyl groups excluding tert-OH is 1. The third-order valence-corrected chi connectivity index (χ3v) is 4.71. The molecule has 1 fully saturated rings. The van der Waals surface area contributed by atoms with Crippen LogP contribution in [-0.4, -0.2) is 54.5 Å². The number of hydrogen-bond acceptors (Lipinski definition) is 8. The Hall–Kier alpha value is -2.58. The van der Waals surface area contributed by atoms with Crippen LogP contribution in [0.2, 0.25) is 0 Å². The van der Waals surface area contributed by atoms with Crippen molar-refractivity contribution in [1.82, 2.24) is 15.3 Å². The van der Waals surface area contributed by atoms with E-state index in [1.54, 1.807) is 7.11 Å². The van der Waals surface area contributed by atoms with Gasteiger partial charge in [0.05, 0.1) is 7.11 Å². The van der Waals surface area contributed by atoms with Crippen LogP contribution in [0.1, 0.15) is 25.0 Å². The highest BCUT2D eigenvalue weighted by molar-refractivity contribution is 5.60. The molecular weight excluding hydrogens is 358 g/mol. The number of methoxy groups -OCH3 is 1. The van der Waals surface area contributed by atoms with Crippen LogP contribution < -0.4 is 25.4 Å². The van der Waals surface area contributed by atoms with Crippen LogP contribution in [0.25, 0.3) is 0 Å². The number of benzene rings is 1. The summed E-state index contributed by atoms with van der Waals surface area (Å²) in [4.78, 5) is 8.79. The van der Waals surface area contributed by atoms with Gasteiger partial charge in [0, 0.05) is 43.1 Å². The van der Waals surface area contributed by atoms with Crippen LogP contribution in [-0.2, 0) is 0 Å². The minimum Gasteiger partial charge on any atom is -0.493 e. The third-order valence-electron chi connectivity index (χ3n) is 4.71. The molecule has 28 heavy (non-hydrogen) atoms. The third kappa shape index (κ3) is 5.46. The van der Waals surface area contributed by atoms with E-state index in [9.17, 15) is 5.11 Å². The lowest BCUT2D eigenvalue weighted by Crippen LogP contribution is -2.41. The Labute approximate surface area is 165 Å². The van der Waals surface area contributed by atoms with Gasteiger partial charge < -0.3 is 30.5 Å². The molecule has 1 aliphatic carbocycles. The molecule has 0 amide bonds. The second kappa shape index (κ2) is 9.57. The van der Waals surface area contributed by atoms with Gasteiger partial charge in [-0.3, -0.25) is 0 Å². The molecule has 0 aliphatic heterocycles. The number of aromatic nitrogens is 2. The molecule has 0 radical (unpaired) electrons. The second-order valence-electron chi connectivity index (χ2n) is 6.96. The summed E-state index contributed by atoms with van der Waals surface area (Å²) in [5, 5.41) is 19.7. The number of nitrogens with zero attached hydrogens (tertiary/aromatic N) is 2. The van der Waals surface area contributed by atoms with E-state index in [-0.39, 0.29) is 6.61 Å². The van der Waals surface area contributed by atoms with E-state index in [0.717, 1.165) is 17.2 Å². The molecule has 1 aliphatic rings. The highest BCUT2D eigenvalue weighted by Gasteiger charge is 2.18. The van der Waals surface area contributed by atoms with Gasteiger partial charge in [0.1, 0.15) is 18.5 Å². The Morgan fingerprint density at radius 1 is 1.21 bits per heavy atom. The molecule has 2 aromatic rings. The van der Waals surface area contributed by atoms with Crippen LogP contribution in [0.15, 0.2) is 24.3 Å². The molecule has 152 valence electrons. The molecule has 8 nitrogen and oxygen atoms in total. The van der Waals surface area contributed by atoms with Crippen molar-refractivity contribution in [1.29, 1.82) is 0 Å². The smallest absolute Gasteiger partial charge is 0.229 e. The van der Waals surface area contributed by atoms with Gasteiger partial charge >= 0.3 is 0 Å². The monoisotopic (exact) mass is 387 g/mol. The van der Waals surface area contributed by atoms with Crippen molar-refractivity contribution in [3.63, 3.8) is 0 Å². The van der Waals surface area contributed by atoms with Gasteiger partial charge in [0.2, 0.25) is 5.95 Å². The summed E-state index contributed by atoms with van der Waals surface area (Å²) in [6.45, 7) is 2.62. The summed E-state index contributed by atoms with van der Waals surface area (Å²) < 4.78 is 11.2. The lowest BCUT2D eigenvalue weighted by molar-refractivity contribution is 0.0982. The SMILES string of the molecule is CNc1cc(C)nc(Nc2ccc(OC)c(OC[C@H](O)CNC3CCC3)c2)n1.